The molecule has 7 nitrogen and oxygen atoms in total. The number of nitrogens with one attached hydrogen (secondary N) is 2. The van der Waals surface area contributed by atoms with Crippen LogP contribution in [0.3, 0.4) is 0 Å². The minimum absolute atomic E-state index is 0.167. The van der Waals surface area contributed by atoms with Gasteiger partial charge >= 0.3 is 0 Å². The molecule has 2 aromatic carbocycles. The standard InChI is InChI=1S/C27H28N4O3S/c1-4-5-9-19-11-13-20(14-12-19)29-22(32)15-31-16-28-26-23(27(31)34)18(3)24(35-26)25(33)30-21-10-7-6-8-17(21)2/h6-8,10-14,16H,4-5,9,15H2,1-3H3,(H,29,32)(H,30,33). The summed E-state index contributed by atoms with van der Waals surface area (Å²) in [4.78, 5) is 43.9. The first-order chi connectivity index (χ1) is 16.9. The third kappa shape index (κ3) is 5.49. The number of carbonyl (C=O) groups is 2. The van der Waals surface area contributed by atoms with Gasteiger partial charge in [-0.25, -0.2) is 4.98 Å². The van der Waals surface area contributed by atoms with Crippen LogP contribution in [0.15, 0.2) is 59.7 Å². The lowest BCUT2D eigenvalue weighted by Gasteiger charge is -2.08. The molecule has 0 spiro atoms. The van der Waals surface area contributed by atoms with E-state index in [-0.39, 0.29) is 23.9 Å². The highest BCUT2D eigenvalue weighted by atomic mass is 32.1. The second-order valence-corrected chi connectivity index (χ2v) is 9.53. The number of aryl methyl sites for hydroxylation is 3. The van der Waals surface area contributed by atoms with E-state index < -0.39 is 0 Å². The van der Waals surface area contributed by atoms with Crippen LogP contribution in [0.5, 0.6) is 0 Å². The molecule has 2 N–H and O–H groups in total. The zero-order chi connectivity index (χ0) is 24.9. The first-order valence-electron chi connectivity index (χ1n) is 11.6. The van der Waals surface area contributed by atoms with Crippen molar-refractivity contribution in [3.05, 3.63) is 86.8 Å². The third-order valence-electron chi connectivity index (χ3n) is 5.89. The highest BCUT2D eigenvalue weighted by molar-refractivity contribution is 7.20. The molecule has 4 aromatic rings. The summed E-state index contributed by atoms with van der Waals surface area (Å²) in [7, 11) is 0. The first-order valence-corrected chi connectivity index (χ1v) is 12.4. The molecule has 0 saturated carbocycles. The molecule has 8 heteroatoms. The molecular formula is C27H28N4O3S. The van der Waals surface area contributed by atoms with Crippen LogP contribution < -0.4 is 16.2 Å². The monoisotopic (exact) mass is 488 g/mol. The summed E-state index contributed by atoms with van der Waals surface area (Å²) in [5.74, 6) is -0.606. The second-order valence-electron chi connectivity index (χ2n) is 8.53. The summed E-state index contributed by atoms with van der Waals surface area (Å²) in [5.41, 5.74) is 3.79. The Morgan fingerprint density at radius 1 is 1.03 bits per heavy atom. The van der Waals surface area contributed by atoms with Gasteiger partial charge in [0.2, 0.25) is 5.91 Å². The fourth-order valence-corrected chi connectivity index (χ4v) is 4.91. The van der Waals surface area contributed by atoms with Gasteiger partial charge in [0.05, 0.1) is 16.6 Å². The zero-order valence-electron chi connectivity index (χ0n) is 20.1. The predicted molar refractivity (Wildman–Crippen MR) is 141 cm³/mol. The topological polar surface area (TPSA) is 93.1 Å². The van der Waals surface area contributed by atoms with Crippen molar-refractivity contribution in [2.45, 2.75) is 46.6 Å². The van der Waals surface area contributed by atoms with Crippen LogP contribution in [0.25, 0.3) is 10.2 Å². The summed E-state index contributed by atoms with van der Waals surface area (Å²) in [6.07, 6.45) is 4.63. The van der Waals surface area contributed by atoms with Crippen molar-refractivity contribution in [2.24, 2.45) is 0 Å². The molecular weight excluding hydrogens is 460 g/mol. The van der Waals surface area contributed by atoms with Gasteiger partial charge in [-0.1, -0.05) is 43.7 Å². The van der Waals surface area contributed by atoms with E-state index in [1.54, 1.807) is 6.92 Å². The number of para-hydroxylation sites is 1. The SMILES string of the molecule is CCCCc1ccc(NC(=O)Cn2cnc3sc(C(=O)Nc4ccccc4C)c(C)c3c2=O)cc1. The lowest BCUT2D eigenvalue weighted by Crippen LogP contribution is -2.28. The van der Waals surface area contributed by atoms with Gasteiger partial charge < -0.3 is 10.6 Å². The Bertz CT molecular complexity index is 1440. The molecule has 0 saturated heterocycles. The fraction of sp³-hybridized carbons (Fsp3) is 0.259. The van der Waals surface area contributed by atoms with Gasteiger partial charge in [0.25, 0.3) is 11.5 Å². The Morgan fingerprint density at radius 2 is 1.77 bits per heavy atom. The van der Waals surface area contributed by atoms with E-state index in [0.29, 0.717) is 26.3 Å². The number of aromatic nitrogens is 2. The molecule has 0 radical (unpaired) electrons. The number of unbranched alkanes of at least 4 members (excludes halogenated alkanes) is 1. The van der Waals surface area contributed by atoms with E-state index in [9.17, 15) is 14.4 Å². The van der Waals surface area contributed by atoms with Crippen molar-refractivity contribution >= 4 is 44.7 Å². The maximum Gasteiger partial charge on any atom is 0.266 e. The van der Waals surface area contributed by atoms with Crippen molar-refractivity contribution in [3.8, 4) is 0 Å². The van der Waals surface area contributed by atoms with Crippen molar-refractivity contribution in [1.29, 1.82) is 0 Å². The largest absolute Gasteiger partial charge is 0.325 e. The number of fused-ring (bicyclic) bond motifs is 1. The van der Waals surface area contributed by atoms with Gasteiger partial charge in [0.15, 0.2) is 0 Å². The summed E-state index contributed by atoms with van der Waals surface area (Å²) >= 11 is 1.17. The maximum absolute atomic E-state index is 13.1. The molecule has 0 atom stereocenters. The van der Waals surface area contributed by atoms with E-state index in [1.165, 1.54) is 27.8 Å². The number of rotatable bonds is 8. The van der Waals surface area contributed by atoms with Crippen LogP contribution in [0, 0.1) is 13.8 Å². The van der Waals surface area contributed by atoms with Crippen LogP contribution in [0.1, 0.15) is 46.1 Å². The van der Waals surface area contributed by atoms with E-state index in [0.717, 1.165) is 30.5 Å². The van der Waals surface area contributed by atoms with E-state index >= 15 is 0 Å². The number of nitrogens with zero attached hydrogens (tertiary/aromatic N) is 2. The maximum atomic E-state index is 13.1. The molecule has 2 amide bonds. The molecule has 0 aliphatic heterocycles. The molecule has 4 rings (SSSR count). The highest BCUT2D eigenvalue weighted by Gasteiger charge is 2.20. The van der Waals surface area contributed by atoms with Crippen molar-refractivity contribution in [1.82, 2.24) is 9.55 Å². The third-order valence-corrected chi connectivity index (χ3v) is 7.09. The smallest absolute Gasteiger partial charge is 0.266 e. The minimum Gasteiger partial charge on any atom is -0.325 e. The van der Waals surface area contributed by atoms with E-state index in [4.69, 9.17) is 0 Å². The Kier molecular flexibility index (Phi) is 7.41. The van der Waals surface area contributed by atoms with Gasteiger partial charge in [0.1, 0.15) is 11.4 Å². The highest BCUT2D eigenvalue weighted by Crippen LogP contribution is 2.28. The van der Waals surface area contributed by atoms with Crippen LogP contribution in [0.4, 0.5) is 11.4 Å². The number of carbonyl (C=O) groups excluding carboxylic acids is 2. The van der Waals surface area contributed by atoms with Gasteiger partial charge in [-0.2, -0.15) is 0 Å². The number of thiophene rings is 1. The fourth-order valence-electron chi connectivity index (χ4n) is 3.87. The summed E-state index contributed by atoms with van der Waals surface area (Å²) in [5, 5.41) is 6.10. The summed E-state index contributed by atoms with van der Waals surface area (Å²) in [6.45, 7) is 5.64. The Balaban J connectivity index is 1.50. The quantitative estimate of drug-likeness (QED) is 0.352. The number of hydrogen-bond acceptors (Lipinski definition) is 5. The van der Waals surface area contributed by atoms with Crippen molar-refractivity contribution in [2.75, 3.05) is 10.6 Å². The normalized spacial score (nSPS) is 10.9. The van der Waals surface area contributed by atoms with Crippen molar-refractivity contribution in [3.63, 3.8) is 0 Å². The van der Waals surface area contributed by atoms with Gasteiger partial charge in [-0.05, 0) is 61.6 Å². The van der Waals surface area contributed by atoms with Crippen molar-refractivity contribution < 1.29 is 9.59 Å². The molecule has 2 aromatic heterocycles. The molecule has 0 fully saturated rings. The first kappa shape index (κ1) is 24.3. The summed E-state index contributed by atoms with van der Waals surface area (Å²) < 4.78 is 1.27. The van der Waals surface area contributed by atoms with Gasteiger partial charge in [-0.15, -0.1) is 11.3 Å². The van der Waals surface area contributed by atoms with Gasteiger partial charge in [0, 0.05) is 11.4 Å². The molecule has 0 unspecified atom stereocenters. The number of benzene rings is 2. The average molecular weight is 489 g/mol. The van der Waals surface area contributed by atoms with E-state index in [1.807, 2.05) is 55.5 Å². The zero-order valence-corrected chi connectivity index (χ0v) is 20.9. The van der Waals surface area contributed by atoms with Crippen LogP contribution in [-0.2, 0) is 17.8 Å². The van der Waals surface area contributed by atoms with Crippen LogP contribution in [0.2, 0.25) is 0 Å². The Morgan fingerprint density at radius 3 is 2.49 bits per heavy atom. The van der Waals surface area contributed by atoms with Crippen LogP contribution >= 0.6 is 11.3 Å². The lowest BCUT2D eigenvalue weighted by molar-refractivity contribution is -0.116. The summed E-state index contributed by atoms with van der Waals surface area (Å²) in [6, 6.07) is 15.3. The number of hydrogen-bond donors (Lipinski definition) is 2. The van der Waals surface area contributed by atoms with Crippen LogP contribution in [-0.4, -0.2) is 21.4 Å². The molecule has 2 heterocycles. The van der Waals surface area contributed by atoms with Gasteiger partial charge in [-0.3, -0.25) is 19.0 Å². The second kappa shape index (κ2) is 10.7. The number of anilines is 2. The number of amides is 2. The Labute approximate surface area is 207 Å². The Hall–Kier alpha value is -3.78. The molecule has 35 heavy (non-hydrogen) atoms. The molecule has 0 aliphatic rings. The molecule has 0 aliphatic carbocycles. The predicted octanol–water partition coefficient (Wildman–Crippen LogP) is 5.31. The lowest BCUT2D eigenvalue weighted by atomic mass is 10.1. The minimum atomic E-state index is -0.344. The molecule has 0 bridgehead atoms. The average Bonchev–Trinajstić information content (AvgIpc) is 3.19. The van der Waals surface area contributed by atoms with E-state index in [2.05, 4.69) is 22.5 Å². The molecule has 180 valence electrons.